The molecule has 0 spiro atoms. The summed E-state index contributed by atoms with van der Waals surface area (Å²) in [6, 6.07) is 3.16. The largest absolute Gasteiger partial charge is 0.352 e. The number of rotatable bonds is 6. The minimum Gasteiger partial charge on any atom is -0.352 e. The van der Waals surface area contributed by atoms with Crippen LogP contribution >= 0.6 is 0 Å². The van der Waals surface area contributed by atoms with Crippen molar-refractivity contribution < 1.29 is 9.59 Å². The molecule has 0 aliphatic rings. The number of carbonyl (C=O) groups is 2. The molecule has 1 aromatic heterocycles. The molecule has 5 heteroatoms. The summed E-state index contributed by atoms with van der Waals surface area (Å²) in [6.45, 7) is 8.59. The Hall–Kier alpha value is -1.91. The van der Waals surface area contributed by atoms with Crippen molar-refractivity contribution in [2.24, 2.45) is 5.92 Å². The summed E-state index contributed by atoms with van der Waals surface area (Å²) < 4.78 is 0. The molecule has 0 saturated carbocycles. The van der Waals surface area contributed by atoms with Crippen LogP contribution in [-0.4, -0.2) is 29.4 Å². The molecule has 0 fully saturated rings. The number of hydrogen-bond donors (Lipinski definition) is 2. The molecule has 0 saturated heterocycles. The number of aromatic nitrogens is 1. The molecule has 1 rings (SSSR count). The standard InChI is InChI=1S/C15H23N3O2/c1-10(2)5-7-17-14(19)12-6-8-16-13(9-12)15(20)18-11(3)4/h6,8-11H,5,7H2,1-4H3,(H,17,19)(H,18,20). The lowest BCUT2D eigenvalue weighted by atomic mass is 10.1. The van der Waals surface area contributed by atoms with Crippen LogP contribution < -0.4 is 10.6 Å². The molecule has 20 heavy (non-hydrogen) atoms. The molecule has 110 valence electrons. The Morgan fingerprint density at radius 3 is 2.50 bits per heavy atom. The number of nitrogens with one attached hydrogen (secondary N) is 2. The highest BCUT2D eigenvalue weighted by Crippen LogP contribution is 2.03. The highest BCUT2D eigenvalue weighted by Gasteiger charge is 2.12. The fraction of sp³-hybridized carbons (Fsp3) is 0.533. The topological polar surface area (TPSA) is 71.1 Å². The van der Waals surface area contributed by atoms with E-state index in [1.54, 1.807) is 6.07 Å². The lowest BCUT2D eigenvalue weighted by molar-refractivity contribution is 0.0938. The summed E-state index contributed by atoms with van der Waals surface area (Å²) >= 11 is 0. The van der Waals surface area contributed by atoms with Crippen molar-refractivity contribution in [2.45, 2.75) is 40.2 Å². The predicted molar refractivity (Wildman–Crippen MR) is 78.6 cm³/mol. The minimum atomic E-state index is -0.267. The van der Waals surface area contributed by atoms with Crippen molar-refractivity contribution >= 4 is 11.8 Å². The second-order valence-electron chi connectivity index (χ2n) is 5.50. The lowest BCUT2D eigenvalue weighted by Gasteiger charge is -2.09. The monoisotopic (exact) mass is 277 g/mol. The van der Waals surface area contributed by atoms with Gasteiger partial charge in [0.15, 0.2) is 0 Å². The van der Waals surface area contributed by atoms with Crippen LogP contribution in [-0.2, 0) is 0 Å². The SMILES string of the molecule is CC(C)CCNC(=O)c1ccnc(C(=O)NC(C)C)c1. The van der Waals surface area contributed by atoms with Crippen LogP contribution in [0.2, 0.25) is 0 Å². The summed E-state index contributed by atoms with van der Waals surface area (Å²) in [5.74, 6) is 0.101. The maximum Gasteiger partial charge on any atom is 0.270 e. The van der Waals surface area contributed by atoms with Crippen LogP contribution in [0.15, 0.2) is 18.3 Å². The van der Waals surface area contributed by atoms with Gasteiger partial charge in [-0.05, 0) is 38.3 Å². The van der Waals surface area contributed by atoms with E-state index in [0.717, 1.165) is 6.42 Å². The van der Waals surface area contributed by atoms with Crippen molar-refractivity contribution in [3.63, 3.8) is 0 Å². The molecule has 0 aromatic carbocycles. The van der Waals surface area contributed by atoms with E-state index in [-0.39, 0.29) is 23.6 Å². The minimum absolute atomic E-state index is 0.0350. The van der Waals surface area contributed by atoms with Crippen LogP contribution in [0.5, 0.6) is 0 Å². The van der Waals surface area contributed by atoms with Gasteiger partial charge in [-0.1, -0.05) is 13.8 Å². The van der Waals surface area contributed by atoms with E-state index >= 15 is 0 Å². The van der Waals surface area contributed by atoms with Gasteiger partial charge in [0, 0.05) is 24.3 Å². The van der Waals surface area contributed by atoms with Gasteiger partial charge in [0.2, 0.25) is 0 Å². The number of carbonyl (C=O) groups excluding carboxylic acids is 2. The fourth-order valence-corrected chi connectivity index (χ4v) is 1.61. The highest BCUT2D eigenvalue weighted by molar-refractivity contribution is 5.98. The quantitative estimate of drug-likeness (QED) is 0.835. The normalized spacial score (nSPS) is 10.7. The van der Waals surface area contributed by atoms with Gasteiger partial charge in [-0.25, -0.2) is 0 Å². The van der Waals surface area contributed by atoms with Gasteiger partial charge in [-0.3, -0.25) is 14.6 Å². The second kappa shape index (κ2) is 7.62. The van der Waals surface area contributed by atoms with E-state index in [2.05, 4.69) is 29.5 Å². The maximum absolute atomic E-state index is 12.0. The number of nitrogens with zero attached hydrogens (tertiary/aromatic N) is 1. The Labute approximate surface area is 120 Å². The molecule has 0 aliphatic carbocycles. The first kappa shape index (κ1) is 16.1. The average molecular weight is 277 g/mol. The summed E-state index contributed by atoms with van der Waals surface area (Å²) in [4.78, 5) is 27.8. The third kappa shape index (κ3) is 5.38. The Kier molecular flexibility index (Phi) is 6.15. The summed E-state index contributed by atoms with van der Waals surface area (Å²) in [5, 5.41) is 5.59. The number of amides is 2. The van der Waals surface area contributed by atoms with Crippen LogP contribution in [0, 0.1) is 5.92 Å². The molecule has 0 bridgehead atoms. The van der Waals surface area contributed by atoms with Gasteiger partial charge in [0.05, 0.1) is 0 Å². The van der Waals surface area contributed by atoms with Gasteiger partial charge in [0.25, 0.3) is 11.8 Å². The molecular formula is C15H23N3O2. The summed E-state index contributed by atoms with van der Waals surface area (Å²) in [6.07, 6.45) is 2.41. The average Bonchev–Trinajstić information content (AvgIpc) is 2.37. The highest BCUT2D eigenvalue weighted by atomic mass is 16.2. The lowest BCUT2D eigenvalue weighted by Crippen LogP contribution is -2.31. The number of hydrogen-bond acceptors (Lipinski definition) is 3. The van der Waals surface area contributed by atoms with E-state index < -0.39 is 0 Å². The van der Waals surface area contributed by atoms with E-state index in [1.807, 2.05) is 13.8 Å². The van der Waals surface area contributed by atoms with Gasteiger partial charge >= 0.3 is 0 Å². The maximum atomic E-state index is 12.0. The predicted octanol–water partition coefficient (Wildman–Crippen LogP) is 2.00. The van der Waals surface area contributed by atoms with Crippen LogP contribution in [0.3, 0.4) is 0 Å². The van der Waals surface area contributed by atoms with Gasteiger partial charge in [0.1, 0.15) is 5.69 Å². The Bertz CT molecular complexity index is 470. The van der Waals surface area contributed by atoms with Crippen LogP contribution in [0.4, 0.5) is 0 Å². The molecule has 2 N–H and O–H groups in total. The van der Waals surface area contributed by atoms with Crippen LogP contribution in [0.1, 0.15) is 55.0 Å². The molecule has 0 unspecified atom stereocenters. The zero-order valence-electron chi connectivity index (χ0n) is 12.6. The zero-order chi connectivity index (χ0) is 15.1. The van der Waals surface area contributed by atoms with E-state index in [4.69, 9.17) is 0 Å². The van der Waals surface area contributed by atoms with Gasteiger partial charge < -0.3 is 10.6 Å². The Morgan fingerprint density at radius 2 is 1.90 bits per heavy atom. The van der Waals surface area contributed by atoms with E-state index in [0.29, 0.717) is 18.0 Å². The first-order chi connectivity index (χ1) is 9.40. The molecule has 1 heterocycles. The van der Waals surface area contributed by atoms with Gasteiger partial charge in [-0.15, -0.1) is 0 Å². The van der Waals surface area contributed by atoms with E-state index in [1.165, 1.54) is 12.3 Å². The third-order valence-electron chi connectivity index (χ3n) is 2.68. The molecule has 0 aliphatic heterocycles. The first-order valence-corrected chi connectivity index (χ1v) is 6.95. The molecule has 1 aromatic rings. The van der Waals surface area contributed by atoms with Crippen molar-refractivity contribution in [1.29, 1.82) is 0 Å². The third-order valence-corrected chi connectivity index (χ3v) is 2.68. The van der Waals surface area contributed by atoms with Crippen molar-refractivity contribution in [1.82, 2.24) is 15.6 Å². The van der Waals surface area contributed by atoms with Gasteiger partial charge in [-0.2, -0.15) is 0 Å². The van der Waals surface area contributed by atoms with Crippen molar-refractivity contribution in [3.05, 3.63) is 29.6 Å². The summed E-state index contributed by atoms with van der Waals surface area (Å²) in [7, 11) is 0. The molecule has 0 atom stereocenters. The first-order valence-electron chi connectivity index (χ1n) is 6.95. The van der Waals surface area contributed by atoms with Crippen molar-refractivity contribution in [3.8, 4) is 0 Å². The zero-order valence-corrected chi connectivity index (χ0v) is 12.6. The fourth-order valence-electron chi connectivity index (χ4n) is 1.61. The molecule has 0 radical (unpaired) electrons. The smallest absolute Gasteiger partial charge is 0.270 e. The Morgan fingerprint density at radius 1 is 1.20 bits per heavy atom. The van der Waals surface area contributed by atoms with Crippen LogP contribution in [0.25, 0.3) is 0 Å². The molecule has 2 amide bonds. The van der Waals surface area contributed by atoms with E-state index in [9.17, 15) is 9.59 Å². The Balaban J connectivity index is 2.67. The molecular weight excluding hydrogens is 254 g/mol. The summed E-state index contributed by atoms with van der Waals surface area (Å²) in [5.41, 5.74) is 0.716. The van der Waals surface area contributed by atoms with Crippen molar-refractivity contribution in [2.75, 3.05) is 6.54 Å². The molecule has 5 nitrogen and oxygen atoms in total. The number of pyridine rings is 1. The second-order valence-corrected chi connectivity index (χ2v) is 5.50.